The Morgan fingerprint density at radius 3 is 2.57 bits per heavy atom. The summed E-state index contributed by atoms with van der Waals surface area (Å²) in [7, 11) is -3.48. The molecule has 1 N–H and O–H groups in total. The Bertz CT molecular complexity index is 1070. The molecule has 0 atom stereocenters. The van der Waals surface area contributed by atoms with E-state index in [1.54, 1.807) is 6.07 Å². The van der Waals surface area contributed by atoms with E-state index in [1.807, 2.05) is 25.1 Å². The first kappa shape index (κ1) is 22.2. The summed E-state index contributed by atoms with van der Waals surface area (Å²) in [6.45, 7) is 2.40. The van der Waals surface area contributed by atoms with Crippen molar-refractivity contribution in [2.45, 2.75) is 25.5 Å². The number of rotatable bonds is 6. The third-order valence-electron chi connectivity index (χ3n) is 5.07. The van der Waals surface area contributed by atoms with Crippen molar-refractivity contribution >= 4 is 38.9 Å². The number of hydrogen-bond donors (Lipinski definition) is 1. The number of sulfonamides is 1. The van der Waals surface area contributed by atoms with E-state index in [9.17, 15) is 23.3 Å². The maximum atomic E-state index is 12.7. The molecule has 1 aliphatic rings. The average molecular weight is 452 g/mol. The Morgan fingerprint density at radius 2 is 1.93 bits per heavy atom. The Morgan fingerprint density at radius 1 is 1.23 bits per heavy atom. The Labute approximate surface area is 180 Å². The molecule has 3 rings (SSSR count). The molecule has 2 aromatic rings. The molecule has 8 nitrogen and oxygen atoms in total. The van der Waals surface area contributed by atoms with Gasteiger partial charge in [0.05, 0.1) is 21.4 Å². The molecule has 0 saturated carbocycles. The van der Waals surface area contributed by atoms with Crippen molar-refractivity contribution in [2.75, 3.05) is 18.4 Å². The zero-order valence-electron chi connectivity index (χ0n) is 16.4. The van der Waals surface area contributed by atoms with Crippen molar-refractivity contribution < 1.29 is 18.1 Å². The summed E-state index contributed by atoms with van der Waals surface area (Å²) in [6.07, 6.45) is 0.733. The molecule has 0 aromatic heterocycles. The predicted molar refractivity (Wildman–Crippen MR) is 115 cm³/mol. The number of non-ortho nitro benzene ring substituents is 1. The average Bonchev–Trinajstić information content (AvgIpc) is 2.69. The van der Waals surface area contributed by atoms with Gasteiger partial charge in [-0.15, -0.1) is 0 Å². The minimum Gasteiger partial charge on any atom is -0.324 e. The lowest BCUT2D eigenvalue weighted by Crippen LogP contribution is -2.41. The molecule has 0 unspecified atom stereocenters. The molecule has 2 aromatic carbocycles. The fourth-order valence-corrected chi connectivity index (χ4v) is 5.17. The highest BCUT2D eigenvalue weighted by Gasteiger charge is 2.31. The lowest BCUT2D eigenvalue weighted by Gasteiger charge is -2.30. The molecule has 1 fully saturated rings. The van der Waals surface area contributed by atoms with Crippen LogP contribution in [0, 0.1) is 23.0 Å². The first-order chi connectivity index (χ1) is 14.2. The van der Waals surface area contributed by atoms with Crippen LogP contribution in [0.15, 0.2) is 42.5 Å². The van der Waals surface area contributed by atoms with Crippen molar-refractivity contribution in [1.29, 1.82) is 0 Å². The maximum Gasteiger partial charge on any atom is 0.271 e. The monoisotopic (exact) mass is 451 g/mol. The maximum absolute atomic E-state index is 12.7. The van der Waals surface area contributed by atoms with Crippen LogP contribution in [0.25, 0.3) is 0 Å². The van der Waals surface area contributed by atoms with Crippen LogP contribution >= 0.6 is 11.6 Å². The molecule has 10 heteroatoms. The molecular weight excluding hydrogens is 430 g/mol. The third-order valence-corrected chi connectivity index (χ3v) is 7.25. The molecule has 1 saturated heterocycles. The van der Waals surface area contributed by atoms with Gasteiger partial charge in [0, 0.05) is 31.1 Å². The molecule has 0 bridgehead atoms. The summed E-state index contributed by atoms with van der Waals surface area (Å²) in [5.41, 5.74) is 1.73. The highest BCUT2D eigenvalue weighted by Crippen LogP contribution is 2.29. The van der Waals surface area contributed by atoms with Crippen LogP contribution in [-0.2, 0) is 20.6 Å². The highest BCUT2D eigenvalue weighted by atomic mass is 35.5. The quantitative estimate of drug-likeness (QED) is 0.531. The lowest BCUT2D eigenvalue weighted by molar-refractivity contribution is -0.384. The van der Waals surface area contributed by atoms with E-state index in [-0.39, 0.29) is 41.1 Å². The molecule has 1 heterocycles. The van der Waals surface area contributed by atoms with Gasteiger partial charge in [-0.05, 0) is 31.4 Å². The number of hydrogen-bond acceptors (Lipinski definition) is 5. The van der Waals surface area contributed by atoms with Crippen molar-refractivity contribution in [3.8, 4) is 0 Å². The Balaban J connectivity index is 1.60. The van der Waals surface area contributed by atoms with E-state index in [0.29, 0.717) is 12.8 Å². The minimum atomic E-state index is -3.48. The van der Waals surface area contributed by atoms with E-state index in [4.69, 9.17) is 11.6 Å². The summed E-state index contributed by atoms with van der Waals surface area (Å²) in [5, 5.41) is 13.8. The predicted octanol–water partition coefficient (Wildman–Crippen LogP) is 3.74. The SMILES string of the molecule is Cc1cccc(CS(=O)(=O)N2CCC(C(=O)Nc3cc([N+](=O)[O-])ccc3Cl)CC2)c1. The fraction of sp³-hybridized carbons (Fsp3) is 0.350. The number of aryl methyl sites for hydroxylation is 1. The number of carbonyl (C=O) groups is 1. The number of piperidine rings is 1. The minimum absolute atomic E-state index is 0.0746. The van der Waals surface area contributed by atoms with Gasteiger partial charge < -0.3 is 5.32 Å². The molecule has 0 aliphatic carbocycles. The molecule has 30 heavy (non-hydrogen) atoms. The summed E-state index contributed by atoms with van der Waals surface area (Å²) < 4.78 is 26.9. The van der Waals surface area contributed by atoms with E-state index in [0.717, 1.165) is 11.1 Å². The normalized spacial score (nSPS) is 15.7. The summed E-state index contributed by atoms with van der Waals surface area (Å²) >= 11 is 6.03. The van der Waals surface area contributed by atoms with Gasteiger partial charge in [-0.1, -0.05) is 41.4 Å². The van der Waals surface area contributed by atoms with Crippen LogP contribution in [0.5, 0.6) is 0 Å². The zero-order valence-corrected chi connectivity index (χ0v) is 17.9. The lowest BCUT2D eigenvalue weighted by atomic mass is 9.97. The van der Waals surface area contributed by atoms with Gasteiger partial charge in [0.15, 0.2) is 0 Å². The Kier molecular flexibility index (Phi) is 6.74. The molecule has 160 valence electrons. The van der Waals surface area contributed by atoms with Gasteiger partial charge >= 0.3 is 0 Å². The van der Waals surface area contributed by atoms with E-state index < -0.39 is 20.9 Å². The number of nitrogens with one attached hydrogen (secondary N) is 1. The van der Waals surface area contributed by atoms with E-state index >= 15 is 0 Å². The van der Waals surface area contributed by atoms with E-state index in [2.05, 4.69) is 5.32 Å². The van der Waals surface area contributed by atoms with Crippen molar-refractivity contribution in [2.24, 2.45) is 5.92 Å². The zero-order chi connectivity index (χ0) is 21.9. The molecule has 0 spiro atoms. The van der Waals surface area contributed by atoms with Crippen molar-refractivity contribution in [3.63, 3.8) is 0 Å². The molecule has 1 amide bonds. The molecule has 0 radical (unpaired) electrons. The number of amides is 1. The number of nitro groups is 1. The topological polar surface area (TPSA) is 110 Å². The van der Waals surface area contributed by atoms with Crippen LogP contribution in [0.3, 0.4) is 0 Å². The number of benzene rings is 2. The van der Waals surface area contributed by atoms with Crippen molar-refractivity contribution in [3.05, 3.63) is 68.7 Å². The molecular formula is C20H22ClN3O5S. The number of anilines is 1. The van der Waals surface area contributed by atoms with Crippen LogP contribution in [-0.4, -0.2) is 36.6 Å². The first-order valence-electron chi connectivity index (χ1n) is 9.44. The standard InChI is InChI=1S/C20H22ClN3O5S/c1-14-3-2-4-15(11-14)13-30(28,29)23-9-7-16(8-10-23)20(25)22-19-12-17(24(26)27)5-6-18(19)21/h2-6,11-12,16H,7-10,13H2,1H3,(H,22,25). The van der Waals surface area contributed by atoms with Gasteiger partial charge in [0.1, 0.15) is 0 Å². The number of nitro benzene ring substituents is 1. The van der Waals surface area contributed by atoms with E-state index in [1.165, 1.54) is 22.5 Å². The summed E-state index contributed by atoms with van der Waals surface area (Å²) in [4.78, 5) is 22.9. The highest BCUT2D eigenvalue weighted by molar-refractivity contribution is 7.88. The molecule has 1 aliphatic heterocycles. The second-order valence-corrected chi connectivity index (χ2v) is 9.71. The Hall–Kier alpha value is -2.49. The number of nitrogens with zero attached hydrogens (tertiary/aromatic N) is 2. The van der Waals surface area contributed by atoms with Gasteiger partial charge in [0.25, 0.3) is 5.69 Å². The van der Waals surface area contributed by atoms with Gasteiger partial charge in [0.2, 0.25) is 15.9 Å². The smallest absolute Gasteiger partial charge is 0.271 e. The van der Waals surface area contributed by atoms with Crippen LogP contribution in [0.4, 0.5) is 11.4 Å². The summed E-state index contributed by atoms with van der Waals surface area (Å²) in [5.74, 6) is -0.798. The van der Waals surface area contributed by atoms with Gasteiger partial charge in [-0.3, -0.25) is 14.9 Å². The third kappa shape index (κ3) is 5.35. The van der Waals surface area contributed by atoms with Crippen LogP contribution < -0.4 is 5.32 Å². The van der Waals surface area contributed by atoms with Crippen LogP contribution in [0.2, 0.25) is 5.02 Å². The fourth-order valence-electron chi connectivity index (χ4n) is 3.46. The number of halogens is 1. The first-order valence-corrected chi connectivity index (χ1v) is 11.4. The second-order valence-electron chi connectivity index (χ2n) is 7.33. The summed E-state index contributed by atoms with van der Waals surface area (Å²) in [6, 6.07) is 11.2. The second kappa shape index (κ2) is 9.11. The van der Waals surface area contributed by atoms with Crippen molar-refractivity contribution in [1.82, 2.24) is 4.31 Å². The van der Waals surface area contributed by atoms with Crippen LogP contribution in [0.1, 0.15) is 24.0 Å². The van der Waals surface area contributed by atoms with Gasteiger partial charge in [-0.2, -0.15) is 0 Å². The number of carbonyl (C=O) groups excluding carboxylic acids is 1. The van der Waals surface area contributed by atoms with Gasteiger partial charge in [-0.25, -0.2) is 12.7 Å². The largest absolute Gasteiger partial charge is 0.324 e.